The molecule has 0 aliphatic heterocycles. The lowest BCUT2D eigenvalue weighted by molar-refractivity contribution is -0.118. The molecule has 3 rings (SSSR count). The maximum absolute atomic E-state index is 12.9. The molecule has 0 aliphatic carbocycles. The Labute approximate surface area is 187 Å². The minimum Gasteiger partial charge on any atom is -0.497 e. The Bertz CT molecular complexity index is 1070. The molecule has 1 aromatic heterocycles. The Morgan fingerprint density at radius 1 is 1.06 bits per heavy atom. The van der Waals surface area contributed by atoms with E-state index in [1.54, 1.807) is 43.5 Å². The fourth-order valence-electron chi connectivity index (χ4n) is 2.89. The van der Waals surface area contributed by atoms with Crippen molar-refractivity contribution < 1.29 is 23.5 Å². The van der Waals surface area contributed by atoms with Crippen LogP contribution in [0.5, 0.6) is 11.5 Å². The number of benzene rings is 2. The molecule has 1 atom stereocenters. The number of aryl methyl sites for hydroxylation is 1. The average molecular weight is 434 g/mol. The van der Waals surface area contributed by atoms with Crippen LogP contribution in [-0.4, -0.2) is 31.6 Å². The van der Waals surface area contributed by atoms with Gasteiger partial charge in [0.25, 0.3) is 11.8 Å². The van der Waals surface area contributed by atoms with Crippen LogP contribution in [0.15, 0.2) is 77.0 Å². The van der Waals surface area contributed by atoms with E-state index < -0.39 is 11.8 Å². The lowest BCUT2D eigenvalue weighted by atomic mass is 10.2. The summed E-state index contributed by atoms with van der Waals surface area (Å²) in [7, 11) is 1.55. The van der Waals surface area contributed by atoms with E-state index >= 15 is 0 Å². The smallest absolute Gasteiger partial charge is 0.268 e. The first-order valence-corrected chi connectivity index (χ1v) is 10.2. The minimum absolute atomic E-state index is 0.0588. The van der Waals surface area contributed by atoms with Crippen LogP contribution in [0.4, 0.5) is 0 Å². The summed E-state index contributed by atoms with van der Waals surface area (Å²) in [6, 6.07) is 17.3. The number of amides is 2. The minimum atomic E-state index is -0.454. The predicted molar refractivity (Wildman–Crippen MR) is 121 cm³/mol. The van der Waals surface area contributed by atoms with Gasteiger partial charge in [0.05, 0.1) is 19.4 Å². The molecule has 7 nitrogen and oxygen atoms in total. The van der Waals surface area contributed by atoms with Crippen molar-refractivity contribution in [1.29, 1.82) is 0 Å². The molecule has 1 heterocycles. The fourth-order valence-corrected chi connectivity index (χ4v) is 2.89. The molecule has 0 spiro atoms. The molecule has 0 bridgehead atoms. The first-order valence-electron chi connectivity index (χ1n) is 10.2. The van der Waals surface area contributed by atoms with E-state index in [0.29, 0.717) is 17.1 Å². The van der Waals surface area contributed by atoms with Crippen LogP contribution in [0.25, 0.3) is 6.08 Å². The number of nitrogens with one attached hydrogen (secondary N) is 2. The number of para-hydroxylation sites is 1. The average Bonchev–Trinajstić information content (AvgIpc) is 3.31. The van der Waals surface area contributed by atoms with Crippen molar-refractivity contribution >= 4 is 17.9 Å². The summed E-state index contributed by atoms with van der Waals surface area (Å²) in [5.74, 6) is 0.948. The van der Waals surface area contributed by atoms with Crippen molar-refractivity contribution in [1.82, 2.24) is 10.6 Å². The highest BCUT2D eigenvalue weighted by atomic mass is 16.5. The van der Waals surface area contributed by atoms with Gasteiger partial charge in [0, 0.05) is 11.6 Å². The largest absolute Gasteiger partial charge is 0.497 e. The summed E-state index contributed by atoms with van der Waals surface area (Å²) < 4.78 is 16.2. The van der Waals surface area contributed by atoms with E-state index in [2.05, 4.69) is 10.6 Å². The van der Waals surface area contributed by atoms with Crippen LogP contribution in [0, 0.1) is 6.92 Å². The van der Waals surface area contributed by atoms with Crippen molar-refractivity contribution in [2.45, 2.75) is 19.9 Å². The second kappa shape index (κ2) is 10.9. The summed E-state index contributed by atoms with van der Waals surface area (Å²) >= 11 is 0. The molecule has 0 aliphatic rings. The molecular formula is C25H26N2O5. The molecule has 0 fully saturated rings. The van der Waals surface area contributed by atoms with Gasteiger partial charge in [0.1, 0.15) is 29.6 Å². The Morgan fingerprint density at radius 2 is 1.81 bits per heavy atom. The Kier molecular flexibility index (Phi) is 7.70. The van der Waals surface area contributed by atoms with E-state index in [0.717, 1.165) is 11.3 Å². The highest BCUT2D eigenvalue weighted by Gasteiger charge is 2.18. The topological polar surface area (TPSA) is 89.8 Å². The standard InChI is InChI=1S/C25H26N2O5/c1-17-7-4-5-9-23(17)32-16-18(2)26-25(29)22(15-21-8-6-14-31-21)27-24(28)19-10-12-20(30-3)13-11-19/h4-15,18H,16H2,1-3H3,(H,26,29)(H,27,28)/b22-15-/t18-/m1/s1. The van der Waals surface area contributed by atoms with Gasteiger partial charge in [0.2, 0.25) is 0 Å². The Hall–Kier alpha value is -4.00. The maximum Gasteiger partial charge on any atom is 0.268 e. The summed E-state index contributed by atoms with van der Waals surface area (Å²) in [5.41, 5.74) is 1.46. The zero-order valence-corrected chi connectivity index (χ0v) is 18.3. The van der Waals surface area contributed by atoms with Gasteiger partial charge >= 0.3 is 0 Å². The van der Waals surface area contributed by atoms with Gasteiger partial charge in [-0.25, -0.2) is 0 Å². The molecule has 2 aromatic carbocycles. The SMILES string of the molecule is COc1ccc(C(=O)N/C(=C\c2ccco2)C(=O)N[C@H](C)COc2ccccc2C)cc1. The third-order valence-corrected chi connectivity index (χ3v) is 4.63. The third-order valence-electron chi connectivity index (χ3n) is 4.63. The summed E-state index contributed by atoms with van der Waals surface area (Å²) in [6.07, 6.45) is 2.97. The first-order chi connectivity index (χ1) is 15.5. The van der Waals surface area contributed by atoms with E-state index in [4.69, 9.17) is 13.9 Å². The van der Waals surface area contributed by atoms with Crippen molar-refractivity contribution in [2.24, 2.45) is 0 Å². The number of rotatable bonds is 9. The van der Waals surface area contributed by atoms with E-state index in [1.807, 2.05) is 38.1 Å². The fraction of sp³-hybridized carbons (Fsp3) is 0.200. The van der Waals surface area contributed by atoms with Crippen LogP contribution < -0.4 is 20.1 Å². The second-order valence-corrected chi connectivity index (χ2v) is 7.21. The molecule has 32 heavy (non-hydrogen) atoms. The normalized spacial score (nSPS) is 12.0. The number of furan rings is 1. The number of carbonyl (C=O) groups is 2. The Balaban J connectivity index is 1.68. The molecule has 0 saturated carbocycles. The lowest BCUT2D eigenvalue weighted by Crippen LogP contribution is -2.41. The van der Waals surface area contributed by atoms with Gasteiger partial charge < -0.3 is 24.5 Å². The number of carbonyl (C=O) groups excluding carboxylic acids is 2. The van der Waals surface area contributed by atoms with Crippen LogP contribution in [-0.2, 0) is 4.79 Å². The highest BCUT2D eigenvalue weighted by molar-refractivity contribution is 6.05. The quantitative estimate of drug-likeness (QED) is 0.498. The summed E-state index contributed by atoms with van der Waals surface area (Å²) in [6.45, 7) is 4.06. The van der Waals surface area contributed by atoms with Gasteiger partial charge in [-0.05, 0) is 61.9 Å². The maximum atomic E-state index is 12.9. The van der Waals surface area contributed by atoms with Crippen molar-refractivity contribution in [3.63, 3.8) is 0 Å². The highest BCUT2D eigenvalue weighted by Crippen LogP contribution is 2.16. The molecule has 0 saturated heterocycles. The van der Waals surface area contributed by atoms with Gasteiger partial charge in [-0.1, -0.05) is 18.2 Å². The molecular weight excluding hydrogens is 408 g/mol. The molecule has 2 amide bonds. The molecule has 3 aromatic rings. The number of hydrogen-bond acceptors (Lipinski definition) is 5. The molecule has 0 unspecified atom stereocenters. The van der Waals surface area contributed by atoms with Crippen molar-refractivity contribution in [2.75, 3.05) is 13.7 Å². The first kappa shape index (κ1) is 22.7. The van der Waals surface area contributed by atoms with Gasteiger partial charge in [-0.2, -0.15) is 0 Å². The van der Waals surface area contributed by atoms with Crippen LogP contribution in [0.1, 0.15) is 28.6 Å². The summed E-state index contributed by atoms with van der Waals surface area (Å²) in [4.78, 5) is 25.6. The van der Waals surface area contributed by atoms with E-state index in [9.17, 15) is 9.59 Å². The van der Waals surface area contributed by atoms with Crippen LogP contribution in [0.3, 0.4) is 0 Å². The zero-order valence-electron chi connectivity index (χ0n) is 18.3. The second-order valence-electron chi connectivity index (χ2n) is 7.21. The van der Waals surface area contributed by atoms with Crippen LogP contribution in [0.2, 0.25) is 0 Å². The van der Waals surface area contributed by atoms with Crippen molar-refractivity contribution in [3.05, 3.63) is 89.5 Å². The zero-order chi connectivity index (χ0) is 22.9. The van der Waals surface area contributed by atoms with E-state index in [-0.39, 0.29) is 18.3 Å². The van der Waals surface area contributed by atoms with Gasteiger partial charge in [0.15, 0.2) is 0 Å². The molecule has 2 N–H and O–H groups in total. The van der Waals surface area contributed by atoms with Crippen molar-refractivity contribution in [3.8, 4) is 11.5 Å². The molecule has 7 heteroatoms. The summed E-state index contributed by atoms with van der Waals surface area (Å²) in [5, 5.41) is 5.51. The molecule has 0 radical (unpaired) electrons. The number of methoxy groups -OCH3 is 1. The predicted octanol–water partition coefficient (Wildman–Crippen LogP) is 3.95. The number of hydrogen-bond donors (Lipinski definition) is 2. The van der Waals surface area contributed by atoms with E-state index in [1.165, 1.54) is 12.3 Å². The number of ether oxygens (including phenoxy) is 2. The van der Waals surface area contributed by atoms with Crippen LogP contribution >= 0.6 is 0 Å². The van der Waals surface area contributed by atoms with Gasteiger partial charge in [-0.15, -0.1) is 0 Å². The van der Waals surface area contributed by atoms with Gasteiger partial charge in [-0.3, -0.25) is 9.59 Å². The lowest BCUT2D eigenvalue weighted by Gasteiger charge is -2.17. The Morgan fingerprint density at radius 3 is 2.47 bits per heavy atom. The monoisotopic (exact) mass is 434 g/mol. The molecule has 166 valence electrons. The third kappa shape index (κ3) is 6.25.